The summed E-state index contributed by atoms with van der Waals surface area (Å²) >= 11 is 1.70. The molecular weight excluding hydrogens is 286 g/mol. The van der Waals surface area contributed by atoms with E-state index in [0.717, 1.165) is 41.9 Å². The molecule has 0 saturated heterocycles. The van der Waals surface area contributed by atoms with Crippen LogP contribution in [0.3, 0.4) is 0 Å². The first-order valence-electron chi connectivity index (χ1n) is 7.02. The maximum atomic E-state index is 5.38. The van der Waals surface area contributed by atoms with Crippen molar-refractivity contribution in [1.29, 1.82) is 0 Å². The number of nitrogens with zero attached hydrogens (tertiary/aromatic N) is 2. The summed E-state index contributed by atoms with van der Waals surface area (Å²) in [6, 6.07) is 7.97. The molecular formula is C15H18N3O2S+. The van der Waals surface area contributed by atoms with Crippen LogP contribution in [-0.2, 0) is 6.54 Å². The topological polar surface area (TPSA) is 60.9 Å². The minimum absolute atomic E-state index is 0.335. The Kier molecular flexibility index (Phi) is 4.91. The van der Waals surface area contributed by atoms with E-state index in [2.05, 4.69) is 27.4 Å². The first-order valence-corrected chi connectivity index (χ1v) is 8.00. The molecule has 2 N–H and O–H groups in total. The second kappa shape index (κ2) is 7.28. The van der Waals surface area contributed by atoms with Gasteiger partial charge in [0.05, 0.1) is 6.54 Å². The number of quaternary nitrogens is 1. The quantitative estimate of drug-likeness (QED) is 0.476. The van der Waals surface area contributed by atoms with E-state index in [1.54, 1.807) is 24.2 Å². The van der Waals surface area contributed by atoms with Gasteiger partial charge in [-0.2, -0.15) is 0 Å². The molecule has 0 saturated carbocycles. The standard InChI is InChI=1S/C15H17N3O2S/c1-6-17-15(18-7-1)21-8-2-5-16-10-12-3-4-13-14(9-12)20-11-19-13/h1,3-4,6-7,9,16H,2,5,8,10-11H2/p+1. The highest BCUT2D eigenvalue weighted by Gasteiger charge is 2.13. The molecule has 21 heavy (non-hydrogen) atoms. The third kappa shape index (κ3) is 4.09. The molecule has 1 aromatic carbocycles. The second-order valence-electron chi connectivity index (χ2n) is 4.70. The van der Waals surface area contributed by atoms with Gasteiger partial charge in [-0.05, 0) is 24.3 Å². The molecule has 1 aliphatic heterocycles. The summed E-state index contributed by atoms with van der Waals surface area (Å²) in [6.07, 6.45) is 4.69. The average Bonchev–Trinajstić information content (AvgIpc) is 2.99. The summed E-state index contributed by atoms with van der Waals surface area (Å²) in [5, 5.41) is 3.16. The third-order valence-electron chi connectivity index (χ3n) is 3.14. The van der Waals surface area contributed by atoms with E-state index >= 15 is 0 Å². The van der Waals surface area contributed by atoms with Gasteiger partial charge in [0, 0.05) is 30.1 Å². The molecule has 3 rings (SSSR count). The van der Waals surface area contributed by atoms with Gasteiger partial charge in [-0.25, -0.2) is 9.97 Å². The predicted octanol–water partition coefficient (Wildman–Crippen LogP) is 1.45. The van der Waals surface area contributed by atoms with Crippen LogP contribution in [0.5, 0.6) is 11.5 Å². The minimum atomic E-state index is 0.335. The lowest BCUT2D eigenvalue weighted by Crippen LogP contribution is -2.82. The number of benzene rings is 1. The molecule has 2 aromatic rings. The van der Waals surface area contributed by atoms with Crippen LogP contribution in [-0.4, -0.2) is 29.1 Å². The molecule has 1 aliphatic rings. The van der Waals surface area contributed by atoms with Gasteiger partial charge in [-0.15, -0.1) is 0 Å². The number of thioether (sulfide) groups is 1. The highest BCUT2D eigenvalue weighted by molar-refractivity contribution is 7.99. The Morgan fingerprint density at radius 1 is 1.14 bits per heavy atom. The Hall–Kier alpha value is -1.79. The van der Waals surface area contributed by atoms with Crippen molar-refractivity contribution in [3.05, 3.63) is 42.2 Å². The molecule has 0 unspecified atom stereocenters. The fraction of sp³-hybridized carbons (Fsp3) is 0.333. The van der Waals surface area contributed by atoms with Crippen LogP contribution in [0.4, 0.5) is 0 Å². The maximum Gasteiger partial charge on any atom is 0.231 e. The summed E-state index contributed by atoms with van der Waals surface area (Å²) in [4.78, 5) is 8.39. The number of hydrogen-bond donors (Lipinski definition) is 1. The zero-order chi connectivity index (χ0) is 14.3. The van der Waals surface area contributed by atoms with Gasteiger partial charge in [-0.3, -0.25) is 0 Å². The van der Waals surface area contributed by atoms with Gasteiger partial charge in [-0.1, -0.05) is 11.8 Å². The normalized spacial score (nSPS) is 12.6. The summed E-state index contributed by atoms with van der Waals surface area (Å²) in [5.41, 5.74) is 1.26. The lowest BCUT2D eigenvalue weighted by molar-refractivity contribution is -0.670. The summed E-state index contributed by atoms with van der Waals surface area (Å²) < 4.78 is 10.7. The average molecular weight is 304 g/mol. The van der Waals surface area contributed by atoms with Crippen LogP contribution in [0, 0.1) is 0 Å². The van der Waals surface area contributed by atoms with Crippen LogP contribution < -0.4 is 14.8 Å². The molecule has 1 aromatic heterocycles. The van der Waals surface area contributed by atoms with E-state index in [0.29, 0.717) is 6.79 Å². The molecule has 0 amide bonds. The van der Waals surface area contributed by atoms with Crippen molar-refractivity contribution in [3.63, 3.8) is 0 Å². The number of ether oxygens (including phenoxy) is 2. The fourth-order valence-electron chi connectivity index (χ4n) is 2.09. The second-order valence-corrected chi connectivity index (χ2v) is 5.76. The van der Waals surface area contributed by atoms with Gasteiger partial charge in [0.25, 0.3) is 0 Å². The van der Waals surface area contributed by atoms with E-state index in [1.807, 2.05) is 12.1 Å². The van der Waals surface area contributed by atoms with Crippen LogP contribution in [0.2, 0.25) is 0 Å². The molecule has 110 valence electrons. The van der Waals surface area contributed by atoms with Crippen molar-refractivity contribution in [2.24, 2.45) is 0 Å². The maximum absolute atomic E-state index is 5.38. The number of rotatable bonds is 7. The van der Waals surface area contributed by atoms with Crippen molar-refractivity contribution in [1.82, 2.24) is 9.97 Å². The Morgan fingerprint density at radius 2 is 2.00 bits per heavy atom. The molecule has 0 fully saturated rings. The number of nitrogens with two attached hydrogens (primary N) is 1. The Morgan fingerprint density at radius 3 is 2.90 bits per heavy atom. The minimum Gasteiger partial charge on any atom is -0.454 e. The molecule has 0 radical (unpaired) electrons. The Bertz CT molecular complexity index is 580. The monoisotopic (exact) mass is 304 g/mol. The van der Waals surface area contributed by atoms with Crippen LogP contribution >= 0.6 is 11.8 Å². The van der Waals surface area contributed by atoms with Gasteiger partial charge in [0.2, 0.25) is 6.79 Å². The molecule has 5 nitrogen and oxygen atoms in total. The smallest absolute Gasteiger partial charge is 0.231 e. The van der Waals surface area contributed by atoms with Gasteiger partial charge in [0.15, 0.2) is 16.7 Å². The molecule has 6 heteroatoms. The van der Waals surface area contributed by atoms with Gasteiger partial charge >= 0.3 is 0 Å². The van der Waals surface area contributed by atoms with E-state index in [9.17, 15) is 0 Å². The van der Waals surface area contributed by atoms with E-state index in [1.165, 1.54) is 5.56 Å². The molecule has 0 spiro atoms. The first-order chi connectivity index (χ1) is 10.4. The number of aromatic nitrogens is 2. The van der Waals surface area contributed by atoms with Crippen LogP contribution in [0.15, 0.2) is 41.8 Å². The zero-order valence-electron chi connectivity index (χ0n) is 11.7. The lowest BCUT2D eigenvalue weighted by Gasteiger charge is -2.03. The fourth-order valence-corrected chi connectivity index (χ4v) is 2.85. The summed E-state index contributed by atoms with van der Waals surface area (Å²) in [7, 11) is 0. The number of hydrogen-bond acceptors (Lipinski definition) is 5. The van der Waals surface area contributed by atoms with Crippen molar-refractivity contribution < 1.29 is 14.8 Å². The van der Waals surface area contributed by atoms with Crippen molar-refractivity contribution in [3.8, 4) is 11.5 Å². The molecule has 2 heterocycles. The van der Waals surface area contributed by atoms with Crippen LogP contribution in [0.25, 0.3) is 0 Å². The van der Waals surface area contributed by atoms with E-state index in [-0.39, 0.29) is 0 Å². The largest absolute Gasteiger partial charge is 0.454 e. The van der Waals surface area contributed by atoms with Gasteiger partial charge < -0.3 is 14.8 Å². The predicted molar refractivity (Wildman–Crippen MR) is 80.4 cm³/mol. The van der Waals surface area contributed by atoms with Crippen molar-refractivity contribution >= 4 is 11.8 Å². The van der Waals surface area contributed by atoms with Crippen molar-refractivity contribution in [2.75, 3.05) is 19.1 Å². The molecule has 0 bridgehead atoms. The Balaban J connectivity index is 1.33. The SMILES string of the molecule is c1cnc(SCCC[NH2+]Cc2ccc3c(c2)OCO3)nc1. The van der Waals surface area contributed by atoms with Crippen LogP contribution in [0.1, 0.15) is 12.0 Å². The zero-order valence-corrected chi connectivity index (χ0v) is 12.5. The first kappa shape index (κ1) is 14.2. The van der Waals surface area contributed by atoms with Gasteiger partial charge in [0.1, 0.15) is 6.54 Å². The summed E-state index contributed by atoms with van der Waals surface area (Å²) in [5.74, 6) is 2.75. The van der Waals surface area contributed by atoms with Crippen molar-refractivity contribution in [2.45, 2.75) is 18.1 Å². The molecule has 0 atom stereocenters. The van der Waals surface area contributed by atoms with E-state index in [4.69, 9.17) is 9.47 Å². The number of fused-ring (bicyclic) bond motifs is 1. The highest BCUT2D eigenvalue weighted by atomic mass is 32.2. The third-order valence-corrected chi connectivity index (χ3v) is 4.10. The van der Waals surface area contributed by atoms with E-state index < -0.39 is 0 Å². The summed E-state index contributed by atoms with van der Waals surface area (Å²) in [6.45, 7) is 2.39. The highest BCUT2D eigenvalue weighted by Crippen LogP contribution is 2.32. The lowest BCUT2D eigenvalue weighted by atomic mass is 10.2. The molecule has 0 aliphatic carbocycles. The Labute approximate surface area is 128 Å².